The average Bonchev–Trinajstić information content (AvgIpc) is 2.79. The first-order valence-electron chi connectivity index (χ1n) is 10.4. The second-order valence-electron chi connectivity index (χ2n) is 8.07. The van der Waals surface area contributed by atoms with E-state index in [1.165, 1.54) is 36.4 Å². The van der Waals surface area contributed by atoms with Crippen LogP contribution in [0.5, 0.6) is 5.75 Å². The molecule has 0 spiro atoms. The zero-order valence-electron chi connectivity index (χ0n) is 17.7. The van der Waals surface area contributed by atoms with Gasteiger partial charge in [-0.15, -0.1) is 0 Å². The number of nitro benzene ring substituents is 1. The first-order chi connectivity index (χ1) is 15.7. The smallest absolute Gasteiger partial charge is 0.270 e. The quantitative estimate of drug-likeness (QED) is 0.474. The predicted molar refractivity (Wildman–Crippen MR) is 118 cm³/mol. The van der Waals surface area contributed by atoms with Crippen LogP contribution in [0.3, 0.4) is 0 Å². The number of fused-ring (bicyclic) bond motifs is 1. The average molecular weight is 477 g/mol. The van der Waals surface area contributed by atoms with Gasteiger partial charge in [-0.1, -0.05) is 0 Å². The largest absolute Gasteiger partial charge is 0.467 e. The highest BCUT2D eigenvalue weighted by Gasteiger charge is 2.27. The lowest BCUT2D eigenvalue weighted by Gasteiger charge is -2.32. The summed E-state index contributed by atoms with van der Waals surface area (Å²) in [6.07, 6.45) is 1.25. The normalized spacial score (nSPS) is 17.1. The SMILES string of the molecule is NS(=O)(=O)c1ccc(NC(=O)C2CCN(Cc3cc([N+](=O)[O-])cc4c3OCOC4)CC2)cc1. The highest BCUT2D eigenvalue weighted by Crippen LogP contribution is 2.34. The van der Waals surface area contributed by atoms with Crippen molar-refractivity contribution in [3.8, 4) is 5.75 Å². The Morgan fingerprint density at radius 2 is 1.91 bits per heavy atom. The molecule has 2 heterocycles. The molecule has 0 radical (unpaired) electrons. The predicted octanol–water partition coefficient (Wildman–Crippen LogP) is 1.96. The van der Waals surface area contributed by atoms with Crippen LogP contribution in [0.15, 0.2) is 41.3 Å². The summed E-state index contributed by atoms with van der Waals surface area (Å²) < 4.78 is 33.5. The molecule has 3 N–H and O–H groups in total. The minimum Gasteiger partial charge on any atom is -0.467 e. The van der Waals surface area contributed by atoms with Crippen LogP contribution in [-0.4, -0.2) is 44.0 Å². The fourth-order valence-electron chi connectivity index (χ4n) is 4.07. The monoisotopic (exact) mass is 476 g/mol. The van der Waals surface area contributed by atoms with Crippen molar-refractivity contribution in [1.29, 1.82) is 0 Å². The highest BCUT2D eigenvalue weighted by atomic mass is 32.2. The molecule has 2 aliphatic rings. The number of nitrogens with two attached hydrogens (primary N) is 1. The van der Waals surface area contributed by atoms with Gasteiger partial charge >= 0.3 is 0 Å². The number of benzene rings is 2. The van der Waals surface area contributed by atoms with E-state index in [0.717, 1.165) is 5.56 Å². The van der Waals surface area contributed by atoms with Gasteiger partial charge in [0.2, 0.25) is 15.9 Å². The van der Waals surface area contributed by atoms with E-state index in [-0.39, 0.29) is 35.8 Å². The van der Waals surface area contributed by atoms with Crippen LogP contribution >= 0.6 is 0 Å². The lowest BCUT2D eigenvalue weighted by Crippen LogP contribution is -2.38. The third-order valence-electron chi connectivity index (χ3n) is 5.79. The summed E-state index contributed by atoms with van der Waals surface area (Å²) in [7, 11) is -3.79. The van der Waals surface area contributed by atoms with Gasteiger partial charge < -0.3 is 14.8 Å². The molecule has 0 aliphatic carbocycles. The third kappa shape index (κ3) is 5.47. The van der Waals surface area contributed by atoms with E-state index in [4.69, 9.17) is 14.6 Å². The second kappa shape index (κ2) is 9.43. The maximum absolute atomic E-state index is 12.6. The van der Waals surface area contributed by atoms with Crippen molar-refractivity contribution in [3.05, 3.63) is 57.6 Å². The number of nitrogens with one attached hydrogen (secondary N) is 1. The molecule has 1 amide bonds. The number of hydrogen-bond donors (Lipinski definition) is 2. The molecule has 1 fully saturated rings. The summed E-state index contributed by atoms with van der Waals surface area (Å²) in [6.45, 7) is 2.16. The van der Waals surface area contributed by atoms with Gasteiger partial charge in [0.25, 0.3) is 5.69 Å². The molecule has 0 aromatic heterocycles. The molecule has 0 saturated carbocycles. The van der Waals surface area contributed by atoms with Crippen molar-refractivity contribution >= 4 is 27.3 Å². The number of carbonyl (C=O) groups is 1. The zero-order chi connectivity index (χ0) is 23.6. The summed E-state index contributed by atoms with van der Waals surface area (Å²) in [4.78, 5) is 25.6. The zero-order valence-corrected chi connectivity index (χ0v) is 18.5. The molecule has 33 heavy (non-hydrogen) atoms. The molecule has 0 atom stereocenters. The number of ether oxygens (including phenoxy) is 2. The molecule has 1 saturated heterocycles. The van der Waals surface area contributed by atoms with Gasteiger partial charge in [-0.2, -0.15) is 0 Å². The number of hydrogen-bond acceptors (Lipinski definition) is 8. The van der Waals surface area contributed by atoms with Crippen LogP contribution in [0.2, 0.25) is 0 Å². The molecule has 12 heteroatoms. The second-order valence-corrected chi connectivity index (χ2v) is 9.63. The number of nitro groups is 1. The number of anilines is 1. The van der Waals surface area contributed by atoms with E-state index in [1.54, 1.807) is 0 Å². The molecule has 0 bridgehead atoms. The van der Waals surface area contributed by atoms with Gasteiger partial charge in [0.05, 0.1) is 16.4 Å². The van der Waals surface area contributed by atoms with Crippen LogP contribution in [-0.2, 0) is 32.7 Å². The van der Waals surface area contributed by atoms with E-state index in [1.807, 2.05) is 0 Å². The number of carbonyl (C=O) groups excluding carboxylic acids is 1. The van der Waals surface area contributed by atoms with Gasteiger partial charge in [-0.05, 0) is 50.2 Å². The molecule has 2 aromatic rings. The Balaban J connectivity index is 1.36. The molecular weight excluding hydrogens is 452 g/mol. The molecule has 4 rings (SSSR count). The number of amides is 1. The van der Waals surface area contributed by atoms with Crippen LogP contribution in [0.25, 0.3) is 0 Å². The van der Waals surface area contributed by atoms with Crippen LogP contribution in [0, 0.1) is 16.0 Å². The van der Waals surface area contributed by atoms with Crippen molar-refractivity contribution in [2.24, 2.45) is 11.1 Å². The lowest BCUT2D eigenvalue weighted by atomic mass is 9.95. The van der Waals surface area contributed by atoms with Gasteiger partial charge in [0.1, 0.15) is 5.75 Å². The number of non-ortho nitro benzene ring substituents is 1. The molecule has 176 valence electrons. The van der Waals surface area contributed by atoms with Gasteiger partial charge in [-0.3, -0.25) is 19.8 Å². The van der Waals surface area contributed by atoms with Crippen molar-refractivity contribution in [2.45, 2.75) is 30.9 Å². The van der Waals surface area contributed by atoms with E-state index in [2.05, 4.69) is 10.2 Å². The Kier molecular flexibility index (Phi) is 6.61. The Morgan fingerprint density at radius 3 is 2.55 bits per heavy atom. The number of sulfonamides is 1. The van der Waals surface area contributed by atoms with Crippen LogP contribution in [0.4, 0.5) is 11.4 Å². The van der Waals surface area contributed by atoms with E-state index < -0.39 is 14.9 Å². The first-order valence-corrected chi connectivity index (χ1v) is 11.9. The van der Waals surface area contributed by atoms with Crippen molar-refractivity contribution in [2.75, 3.05) is 25.2 Å². The van der Waals surface area contributed by atoms with Crippen molar-refractivity contribution in [3.63, 3.8) is 0 Å². The lowest BCUT2D eigenvalue weighted by molar-refractivity contribution is -0.385. The Bertz CT molecular complexity index is 1160. The van der Waals surface area contributed by atoms with E-state index in [0.29, 0.717) is 49.5 Å². The number of likely N-dealkylation sites (tertiary alicyclic amines) is 1. The number of primary sulfonamides is 1. The fourth-order valence-corrected chi connectivity index (χ4v) is 4.59. The number of nitrogens with zero attached hydrogens (tertiary/aromatic N) is 2. The summed E-state index contributed by atoms with van der Waals surface area (Å²) in [5.41, 5.74) is 1.89. The minimum absolute atomic E-state index is 0.000526. The Labute approximate surface area is 190 Å². The maximum atomic E-state index is 12.6. The molecule has 2 aromatic carbocycles. The molecule has 2 aliphatic heterocycles. The first kappa shape index (κ1) is 23.1. The van der Waals surface area contributed by atoms with E-state index >= 15 is 0 Å². The number of rotatable bonds is 6. The fraction of sp³-hybridized carbons (Fsp3) is 0.381. The standard InChI is InChI=1S/C21H24N4O7S/c22-33(29,30)19-3-1-17(2-4-19)23-21(26)14-5-7-24(8-6-14)11-15-9-18(25(27)28)10-16-12-31-13-32-20(15)16/h1-4,9-10,14H,5-8,11-13H2,(H,23,26)(H2,22,29,30). The van der Waals surface area contributed by atoms with Crippen LogP contribution < -0.4 is 15.2 Å². The van der Waals surface area contributed by atoms with Crippen LogP contribution in [0.1, 0.15) is 24.0 Å². The number of piperidine rings is 1. The molecular formula is C21H24N4O7S. The summed E-state index contributed by atoms with van der Waals surface area (Å²) in [6, 6.07) is 8.71. The molecule has 11 nitrogen and oxygen atoms in total. The van der Waals surface area contributed by atoms with Crippen molar-refractivity contribution in [1.82, 2.24) is 4.90 Å². The van der Waals surface area contributed by atoms with Gasteiger partial charge in [0, 0.05) is 41.4 Å². The summed E-state index contributed by atoms with van der Waals surface area (Å²) in [5, 5.41) is 19.2. The maximum Gasteiger partial charge on any atom is 0.270 e. The topological polar surface area (TPSA) is 154 Å². The Morgan fingerprint density at radius 1 is 1.21 bits per heavy atom. The summed E-state index contributed by atoms with van der Waals surface area (Å²) in [5.74, 6) is 0.309. The minimum atomic E-state index is -3.79. The van der Waals surface area contributed by atoms with Crippen molar-refractivity contribution < 1.29 is 27.6 Å². The summed E-state index contributed by atoms with van der Waals surface area (Å²) >= 11 is 0. The molecule has 0 unspecified atom stereocenters. The Hall–Kier alpha value is -3.06. The third-order valence-corrected chi connectivity index (χ3v) is 6.71. The highest BCUT2D eigenvalue weighted by molar-refractivity contribution is 7.89. The van der Waals surface area contributed by atoms with E-state index in [9.17, 15) is 23.3 Å². The van der Waals surface area contributed by atoms with Gasteiger partial charge in [-0.25, -0.2) is 13.6 Å². The van der Waals surface area contributed by atoms with Gasteiger partial charge in [0.15, 0.2) is 6.79 Å².